The number of hydrogen-bond donors (Lipinski definition) is 0. The quantitative estimate of drug-likeness (QED) is 0.115. The molecule has 672 valence electrons. The highest BCUT2D eigenvalue weighted by atomic mass is 15.0. The minimum absolute atomic E-state index is 0.417. The Kier molecular flexibility index (Phi) is 18.4. The molecular weight excluding hydrogens is 1750 g/mol. The molecule has 2 aliphatic carbocycles. The van der Waals surface area contributed by atoms with E-state index in [9.17, 15) is 0 Å². The van der Waals surface area contributed by atoms with E-state index >= 15 is 0 Å². The van der Waals surface area contributed by atoms with Crippen molar-refractivity contribution in [2.45, 2.75) is 5.41 Å². The molecule has 0 fully saturated rings. The van der Waals surface area contributed by atoms with Gasteiger partial charge in [-0.1, -0.05) is 419 Å². The summed E-state index contributed by atoms with van der Waals surface area (Å²) < 4.78 is 9.66. The smallest absolute Gasteiger partial charge is 0.0725 e. The van der Waals surface area contributed by atoms with Crippen LogP contribution in [0.5, 0.6) is 0 Å². The Balaban J connectivity index is 0.000000136. The minimum Gasteiger partial charge on any atom is -0.309 e. The van der Waals surface area contributed by atoms with Crippen molar-refractivity contribution in [1.29, 1.82) is 0 Å². The highest BCUT2D eigenvalue weighted by Crippen LogP contribution is 2.64. The largest absolute Gasteiger partial charge is 0.309 e. The highest BCUT2D eigenvalue weighted by Gasteiger charge is 2.52. The number of hydrogen-bond acceptors (Lipinski definition) is 0. The molecule has 25 aromatic carbocycles. The van der Waals surface area contributed by atoms with Crippen molar-refractivity contribution in [3.8, 4) is 123 Å². The SMILES string of the molecule is c1ccc(-n2c3ccccc3c3cc(-c4ccc5c6ccccc6n(-c6ccc(-c7c8ccccc8c(-c8ccc(-c9cccc%10ccccc9%10)cc8)c8ccccc78)cc6)c5c4)ccc32)cc1.c1ccc(-n2c3ccccc3c3cc(-c4ccc5c6ccccc6n(-c6ccc(-c7c8ccccc8c(-c8ccc9c(c8)C8(c%10ccccc%10-c%10ccccc%108)c8ccccc8-9)c8ccccc78)cc6)c5c4)ccc32)cc1. The number of benzene rings is 25. The summed E-state index contributed by atoms with van der Waals surface area (Å²) in [5.74, 6) is 0. The fourth-order valence-electron chi connectivity index (χ4n) is 25.5. The topological polar surface area (TPSA) is 19.7 Å². The van der Waals surface area contributed by atoms with Crippen molar-refractivity contribution >= 4 is 141 Å². The Hall–Kier alpha value is -19.0. The predicted molar refractivity (Wildman–Crippen MR) is 612 cm³/mol. The van der Waals surface area contributed by atoms with E-state index in [0.717, 1.165) is 11.4 Å². The van der Waals surface area contributed by atoms with Crippen molar-refractivity contribution in [1.82, 2.24) is 18.3 Å². The molecular formula is C141H88N4. The molecule has 4 heterocycles. The average Bonchev–Trinajstić information content (AvgIpc) is 1.51. The molecule has 31 rings (SSSR count). The van der Waals surface area contributed by atoms with Gasteiger partial charge in [-0.25, -0.2) is 0 Å². The molecule has 4 aromatic heterocycles. The van der Waals surface area contributed by atoms with Crippen LogP contribution in [-0.2, 0) is 5.41 Å². The van der Waals surface area contributed by atoms with Gasteiger partial charge >= 0.3 is 0 Å². The summed E-state index contributed by atoms with van der Waals surface area (Å²) in [7, 11) is 0. The van der Waals surface area contributed by atoms with Crippen molar-refractivity contribution in [2.75, 3.05) is 0 Å². The van der Waals surface area contributed by atoms with Gasteiger partial charge in [-0.05, 0) is 292 Å². The second kappa shape index (κ2) is 32.5. The van der Waals surface area contributed by atoms with E-state index in [-0.39, 0.29) is 0 Å². The Bertz CT molecular complexity index is 10300. The maximum atomic E-state index is 2.54. The third-order valence-corrected chi connectivity index (χ3v) is 31.6. The van der Waals surface area contributed by atoms with Gasteiger partial charge in [0, 0.05) is 65.8 Å². The highest BCUT2D eigenvalue weighted by molar-refractivity contribution is 6.25. The van der Waals surface area contributed by atoms with Gasteiger partial charge in [0.2, 0.25) is 0 Å². The van der Waals surface area contributed by atoms with Crippen molar-refractivity contribution in [3.63, 3.8) is 0 Å². The summed E-state index contributed by atoms with van der Waals surface area (Å²) in [6.07, 6.45) is 0. The van der Waals surface area contributed by atoms with Gasteiger partial charge in [0.15, 0.2) is 0 Å². The fraction of sp³-hybridized carbons (Fsp3) is 0.00709. The van der Waals surface area contributed by atoms with Crippen LogP contribution < -0.4 is 0 Å². The van der Waals surface area contributed by atoms with Crippen LogP contribution in [0.15, 0.2) is 534 Å². The Morgan fingerprint density at radius 2 is 0.366 bits per heavy atom. The van der Waals surface area contributed by atoms with E-state index in [1.165, 1.54) is 275 Å². The number of nitrogens with zero attached hydrogens (tertiary/aromatic N) is 4. The summed E-state index contributed by atoms with van der Waals surface area (Å²) in [6, 6.07) is 198. The van der Waals surface area contributed by atoms with Gasteiger partial charge < -0.3 is 18.3 Å². The average molecular weight is 1840 g/mol. The fourth-order valence-corrected chi connectivity index (χ4v) is 25.5. The van der Waals surface area contributed by atoms with Crippen LogP contribution in [0, 0.1) is 0 Å². The third-order valence-electron chi connectivity index (χ3n) is 31.6. The van der Waals surface area contributed by atoms with Gasteiger partial charge in [-0.2, -0.15) is 0 Å². The Labute approximate surface area is 837 Å². The van der Waals surface area contributed by atoms with Crippen LogP contribution in [0.25, 0.3) is 264 Å². The predicted octanol–water partition coefficient (Wildman–Crippen LogP) is 37.5. The first-order chi connectivity index (χ1) is 72.0. The van der Waals surface area contributed by atoms with Crippen LogP contribution >= 0.6 is 0 Å². The molecule has 0 saturated heterocycles. The molecule has 4 heteroatoms. The second-order valence-electron chi connectivity index (χ2n) is 39.0. The summed E-state index contributed by atoms with van der Waals surface area (Å²) in [5.41, 5.74) is 41.6. The van der Waals surface area contributed by atoms with E-state index in [4.69, 9.17) is 0 Å². The number of fused-ring (bicyclic) bond motifs is 27. The van der Waals surface area contributed by atoms with Gasteiger partial charge in [0.25, 0.3) is 0 Å². The van der Waals surface area contributed by atoms with Crippen LogP contribution in [0.2, 0.25) is 0 Å². The van der Waals surface area contributed by atoms with Crippen molar-refractivity contribution in [2.24, 2.45) is 0 Å². The lowest BCUT2D eigenvalue weighted by Gasteiger charge is -2.30. The van der Waals surface area contributed by atoms with E-state index in [2.05, 4.69) is 552 Å². The summed E-state index contributed by atoms with van der Waals surface area (Å²) in [5, 5.41) is 22.5. The first-order valence-corrected chi connectivity index (χ1v) is 50.3. The van der Waals surface area contributed by atoms with Crippen LogP contribution in [0.3, 0.4) is 0 Å². The molecule has 0 atom stereocenters. The summed E-state index contributed by atoms with van der Waals surface area (Å²) in [4.78, 5) is 0. The van der Waals surface area contributed by atoms with Crippen LogP contribution in [0.4, 0.5) is 0 Å². The standard InChI is InChI=1S/C75H46N2.C66H42N2/c1-2-18-51(19-3-1)76-70-33-17-12-24-58(70)64-44-48(38-43-71(64)76)49-36-42-59-57-23-11-16-32-69(57)77(72(59)46-49)52-39-34-47(35-40-52)73-60-25-4-6-27-62(60)74(63-28-7-5-26-61(63)73)50-37-41-56-55-22-10-15-31-67(55)75(68(56)45-50)65-29-13-8-20-53(65)54-21-9-14-30-66(54)75;1-2-17-49(18-3-1)67-62-28-13-11-21-54(62)60-41-47(36-40-63(60)67)48-35-39-55-53-20-10-12-27-61(53)68(64(55)42-48)50-37-33-46(34-38-50)66-58-24-8-6-22-56(58)65(57-23-7-9-25-59(57)66)45-31-29-44(30-32-45)52-26-14-16-43-15-4-5-19-51(43)52/h1-46H;1-42H. The molecule has 145 heavy (non-hydrogen) atoms. The zero-order valence-electron chi connectivity index (χ0n) is 79.1. The number of para-hydroxylation sites is 6. The molecule has 0 aliphatic heterocycles. The molecule has 0 unspecified atom stereocenters. The van der Waals surface area contributed by atoms with E-state index in [1.807, 2.05) is 0 Å². The third kappa shape index (κ3) is 12.4. The zero-order valence-corrected chi connectivity index (χ0v) is 79.1. The lowest BCUT2D eigenvalue weighted by atomic mass is 9.70. The molecule has 1 spiro atoms. The summed E-state index contributed by atoms with van der Waals surface area (Å²) in [6.45, 7) is 0. The molecule has 0 saturated carbocycles. The van der Waals surface area contributed by atoms with Crippen molar-refractivity contribution in [3.05, 3.63) is 556 Å². The lowest BCUT2D eigenvalue weighted by Crippen LogP contribution is -2.25. The van der Waals surface area contributed by atoms with Crippen LogP contribution in [-0.4, -0.2) is 18.3 Å². The number of aromatic nitrogens is 4. The Morgan fingerprint density at radius 1 is 0.117 bits per heavy atom. The molecule has 0 amide bonds. The first kappa shape index (κ1) is 81.9. The normalized spacial score (nSPS) is 12.5. The molecule has 4 nitrogen and oxygen atoms in total. The van der Waals surface area contributed by atoms with E-state index in [0.29, 0.717) is 0 Å². The Morgan fingerprint density at radius 3 is 0.766 bits per heavy atom. The second-order valence-corrected chi connectivity index (χ2v) is 39.0. The van der Waals surface area contributed by atoms with Crippen molar-refractivity contribution < 1.29 is 0 Å². The van der Waals surface area contributed by atoms with Gasteiger partial charge in [0.1, 0.15) is 0 Å². The van der Waals surface area contributed by atoms with E-state index < -0.39 is 5.41 Å². The molecule has 0 radical (unpaired) electrons. The maximum absolute atomic E-state index is 2.54. The van der Waals surface area contributed by atoms with E-state index in [1.54, 1.807) is 0 Å². The van der Waals surface area contributed by atoms with Gasteiger partial charge in [0.05, 0.1) is 49.5 Å². The molecule has 29 aromatic rings. The monoisotopic (exact) mass is 1840 g/mol. The summed E-state index contributed by atoms with van der Waals surface area (Å²) >= 11 is 0. The van der Waals surface area contributed by atoms with Crippen LogP contribution in [0.1, 0.15) is 22.3 Å². The maximum Gasteiger partial charge on any atom is 0.0725 e. The van der Waals surface area contributed by atoms with Gasteiger partial charge in [-0.15, -0.1) is 0 Å². The number of rotatable bonds is 11. The lowest BCUT2D eigenvalue weighted by molar-refractivity contribution is 0.794. The zero-order chi connectivity index (χ0) is 95.1. The minimum atomic E-state index is -0.417. The molecule has 0 bridgehead atoms. The molecule has 2 aliphatic rings. The first-order valence-electron chi connectivity index (χ1n) is 50.3. The van der Waals surface area contributed by atoms with Gasteiger partial charge in [-0.3, -0.25) is 0 Å². The molecule has 0 N–H and O–H groups in total.